The Balaban J connectivity index is 1.78. The van der Waals surface area contributed by atoms with Crippen LogP contribution in [0.3, 0.4) is 0 Å². The first-order valence-electron chi connectivity index (χ1n) is 8.76. The lowest BCUT2D eigenvalue weighted by Gasteiger charge is -2.05. The van der Waals surface area contributed by atoms with Crippen molar-refractivity contribution in [2.75, 3.05) is 6.61 Å². The maximum Gasteiger partial charge on any atom is 0.338 e. The Labute approximate surface area is 159 Å². The third-order valence-corrected chi connectivity index (χ3v) is 4.36. The van der Waals surface area contributed by atoms with Gasteiger partial charge in [-0.1, -0.05) is 30.3 Å². The first kappa shape index (κ1) is 17.7. The summed E-state index contributed by atoms with van der Waals surface area (Å²) in [5.41, 5.74) is 1.12. The number of rotatable bonds is 4. The maximum absolute atomic E-state index is 14.6. The van der Waals surface area contributed by atoms with Gasteiger partial charge in [0.15, 0.2) is 11.4 Å². The molecule has 140 valence electrons. The monoisotopic (exact) mass is 377 g/mol. The van der Waals surface area contributed by atoms with E-state index in [2.05, 4.69) is 0 Å². The maximum atomic E-state index is 14.6. The lowest BCUT2D eigenvalue weighted by Crippen LogP contribution is -2.18. The molecule has 0 bridgehead atoms. The highest BCUT2D eigenvalue weighted by molar-refractivity contribution is 5.90. The smallest absolute Gasteiger partial charge is 0.338 e. The van der Waals surface area contributed by atoms with E-state index in [-0.39, 0.29) is 23.1 Å². The van der Waals surface area contributed by atoms with Crippen molar-refractivity contribution in [3.63, 3.8) is 0 Å². The minimum atomic E-state index is -0.632. The molecule has 0 aliphatic heterocycles. The number of carbonyl (C=O) groups is 1. The normalized spacial score (nSPS) is 10.9. The molecule has 0 spiro atoms. The number of halogens is 1. The summed E-state index contributed by atoms with van der Waals surface area (Å²) in [6.07, 6.45) is 1.12. The highest BCUT2D eigenvalue weighted by Gasteiger charge is 2.17. The minimum absolute atomic E-state index is 0.0957. The highest BCUT2D eigenvalue weighted by atomic mass is 19.1. The van der Waals surface area contributed by atoms with Crippen LogP contribution in [0.1, 0.15) is 17.3 Å². The van der Waals surface area contributed by atoms with Crippen LogP contribution < -0.4 is 5.56 Å². The van der Waals surface area contributed by atoms with Crippen LogP contribution in [0.25, 0.3) is 28.0 Å². The largest absolute Gasteiger partial charge is 0.462 e. The lowest BCUT2D eigenvalue weighted by molar-refractivity contribution is 0.0526. The lowest BCUT2D eigenvalue weighted by atomic mass is 10.1. The molecular weight excluding hydrogens is 361 g/mol. The van der Waals surface area contributed by atoms with E-state index >= 15 is 0 Å². The number of aromatic nitrogens is 1. The molecule has 4 rings (SSSR count). The first-order valence-corrected chi connectivity index (χ1v) is 8.76. The van der Waals surface area contributed by atoms with Gasteiger partial charge in [0.25, 0.3) is 5.56 Å². The molecule has 4 aromatic rings. The standard InChI is InChI=1S/C22H16FNO4/c1-2-27-22(26)15-10-8-14(9-11-15)19-12-17-20(28-19)18(23)13-24(21(17)25)16-6-4-3-5-7-16/h3-13H,2H2,1H3. The number of benzene rings is 2. The van der Waals surface area contributed by atoms with Gasteiger partial charge in [0.2, 0.25) is 0 Å². The van der Waals surface area contributed by atoms with Crippen molar-refractivity contribution in [3.8, 4) is 17.0 Å². The number of para-hydroxylation sites is 1. The second-order valence-electron chi connectivity index (χ2n) is 6.14. The summed E-state index contributed by atoms with van der Waals surface area (Å²) in [5, 5.41) is 0.147. The van der Waals surface area contributed by atoms with Gasteiger partial charge in [0.1, 0.15) is 5.76 Å². The van der Waals surface area contributed by atoms with Crippen LogP contribution >= 0.6 is 0 Å². The average Bonchev–Trinajstić information content (AvgIpc) is 3.18. The van der Waals surface area contributed by atoms with E-state index in [0.29, 0.717) is 22.6 Å². The van der Waals surface area contributed by atoms with Crippen LogP contribution in [0.2, 0.25) is 0 Å². The fourth-order valence-corrected chi connectivity index (χ4v) is 3.00. The summed E-state index contributed by atoms with van der Waals surface area (Å²) in [7, 11) is 0. The van der Waals surface area contributed by atoms with E-state index in [1.54, 1.807) is 55.5 Å². The molecule has 0 N–H and O–H groups in total. The summed E-state index contributed by atoms with van der Waals surface area (Å²) < 4.78 is 26.4. The molecular formula is C22H16FNO4. The van der Waals surface area contributed by atoms with Crippen LogP contribution in [0.15, 0.2) is 76.1 Å². The fourth-order valence-electron chi connectivity index (χ4n) is 3.00. The number of carbonyl (C=O) groups excluding carboxylic acids is 1. The molecule has 2 aromatic carbocycles. The molecule has 0 aliphatic carbocycles. The second-order valence-corrected chi connectivity index (χ2v) is 6.14. The zero-order chi connectivity index (χ0) is 19.7. The predicted molar refractivity (Wildman–Crippen MR) is 103 cm³/mol. The number of esters is 1. The number of hydrogen-bond donors (Lipinski definition) is 0. The van der Waals surface area contributed by atoms with Gasteiger partial charge in [-0.25, -0.2) is 9.18 Å². The Bertz CT molecular complexity index is 1210. The molecule has 6 heteroatoms. The van der Waals surface area contributed by atoms with Crippen molar-refractivity contribution in [3.05, 3.63) is 88.6 Å². The number of pyridine rings is 1. The number of nitrogens with zero attached hydrogens (tertiary/aromatic N) is 1. The van der Waals surface area contributed by atoms with E-state index in [4.69, 9.17) is 9.15 Å². The van der Waals surface area contributed by atoms with Crippen molar-refractivity contribution >= 4 is 16.9 Å². The van der Waals surface area contributed by atoms with Gasteiger partial charge in [-0.2, -0.15) is 0 Å². The molecule has 2 aromatic heterocycles. The Kier molecular flexibility index (Phi) is 4.53. The van der Waals surface area contributed by atoms with Crippen molar-refractivity contribution < 1.29 is 18.3 Å². The molecule has 2 heterocycles. The van der Waals surface area contributed by atoms with Crippen molar-refractivity contribution in [1.82, 2.24) is 4.57 Å². The number of ether oxygens (including phenoxy) is 1. The third kappa shape index (κ3) is 3.09. The molecule has 5 nitrogen and oxygen atoms in total. The zero-order valence-electron chi connectivity index (χ0n) is 15.0. The molecule has 0 radical (unpaired) electrons. The quantitative estimate of drug-likeness (QED) is 0.489. The Morgan fingerprint density at radius 1 is 1.11 bits per heavy atom. The molecule has 0 atom stereocenters. The molecule has 0 saturated heterocycles. The van der Waals surface area contributed by atoms with Crippen LogP contribution in [0, 0.1) is 5.82 Å². The van der Waals surface area contributed by atoms with E-state index in [0.717, 1.165) is 6.20 Å². The molecule has 0 aliphatic rings. The van der Waals surface area contributed by atoms with Crippen LogP contribution in [-0.2, 0) is 4.74 Å². The average molecular weight is 377 g/mol. The summed E-state index contributed by atoms with van der Waals surface area (Å²) in [5.74, 6) is -0.712. The van der Waals surface area contributed by atoms with E-state index in [1.807, 2.05) is 6.07 Å². The van der Waals surface area contributed by atoms with Gasteiger partial charge in [-0.05, 0) is 37.3 Å². The van der Waals surface area contributed by atoms with Gasteiger partial charge >= 0.3 is 5.97 Å². The molecule has 0 fully saturated rings. The van der Waals surface area contributed by atoms with Gasteiger partial charge in [0.05, 0.1) is 23.8 Å². The summed E-state index contributed by atoms with van der Waals surface area (Å²) in [4.78, 5) is 24.6. The zero-order valence-corrected chi connectivity index (χ0v) is 15.0. The van der Waals surface area contributed by atoms with Crippen LogP contribution in [0.4, 0.5) is 4.39 Å². The third-order valence-electron chi connectivity index (χ3n) is 4.36. The Morgan fingerprint density at radius 3 is 2.50 bits per heavy atom. The van der Waals surface area contributed by atoms with E-state index < -0.39 is 11.8 Å². The number of hydrogen-bond acceptors (Lipinski definition) is 4. The Hall–Kier alpha value is -3.67. The number of furan rings is 1. The van der Waals surface area contributed by atoms with Gasteiger partial charge < -0.3 is 9.15 Å². The molecule has 28 heavy (non-hydrogen) atoms. The van der Waals surface area contributed by atoms with Crippen molar-refractivity contribution in [2.45, 2.75) is 6.92 Å². The van der Waals surface area contributed by atoms with Gasteiger partial charge in [-0.15, -0.1) is 0 Å². The molecule has 0 unspecified atom stereocenters. The first-order chi connectivity index (χ1) is 13.6. The number of fused-ring (bicyclic) bond motifs is 1. The van der Waals surface area contributed by atoms with Gasteiger partial charge in [-0.3, -0.25) is 9.36 Å². The molecule has 0 saturated carbocycles. The SMILES string of the molecule is CCOC(=O)c1ccc(-c2cc3c(=O)n(-c4ccccc4)cc(F)c3o2)cc1. The second kappa shape index (κ2) is 7.15. The van der Waals surface area contributed by atoms with Crippen molar-refractivity contribution in [1.29, 1.82) is 0 Å². The van der Waals surface area contributed by atoms with Crippen LogP contribution in [0.5, 0.6) is 0 Å². The van der Waals surface area contributed by atoms with E-state index in [9.17, 15) is 14.0 Å². The minimum Gasteiger partial charge on any atom is -0.462 e. The summed E-state index contributed by atoms with van der Waals surface area (Å²) in [6, 6.07) is 16.8. The van der Waals surface area contributed by atoms with Gasteiger partial charge in [0, 0.05) is 11.3 Å². The summed E-state index contributed by atoms with van der Waals surface area (Å²) >= 11 is 0. The Morgan fingerprint density at radius 2 is 1.82 bits per heavy atom. The van der Waals surface area contributed by atoms with Crippen LogP contribution in [-0.4, -0.2) is 17.1 Å². The fraction of sp³-hybridized carbons (Fsp3) is 0.0909. The topological polar surface area (TPSA) is 61.4 Å². The predicted octanol–water partition coefficient (Wildman–Crippen LogP) is 4.57. The molecule has 0 amide bonds. The summed E-state index contributed by atoms with van der Waals surface area (Å²) in [6.45, 7) is 2.02. The van der Waals surface area contributed by atoms with Crippen molar-refractivity contribution in [2.24, 2.45) is 0 Å². The van der Waals surface area contributed by atoms with E-state index in [1.165, 1.54) is 10.6 Å². The highest BCUT2D eigenvalue weighted by Crippen LogP contribution is 2.28.